The summed E-state index contributed by atoms with van der Waals surface area (Å²) >= 11 is 1.10. The van der Waals surface area contributed by atoms with Gasteiger partial charge in [-0.3, -0.25) is 4.79 Å². The van der Waals surface area contributed by atoms with Gasteiger partial charge in [-0.2, -0.15) is 0 Å². The third-order valence-electron chi connectivity index (χ3n) is 2.60. The van der Waals surface area contributed by atoms with E-state index < -0.39 is 0 Å². The van der Waals surface area contributed by atoms with Crippen LogP contribution in [0.1, 0.15) is 26.5 Å². The normalized spacial score (nSPS) is 9.70. The van der Waals surface area contributed by atoms with E-state index >= 15 is 0 Å². The number of rotatable bonds is 3. The van der Waals surface area contributed by atoms with Crippen LogP contribution in [0, 0.1) is 18.8 Å². The second-order valence-corrected chi connectivity index (χ2v) is 4.83. The van der Waals surface area contributed by atoms with E-state index in [0.29, 0.717) is 23.7 Å². The molecular formula is C14H14N4OS. The van der Waals surface area contributed by atoms with Gasteiger partial charge >= 0.3 is 0 Å². The number of hydrogen-bond acceptors (Lipinski definition) is 5. The number of aryl methyl sites for hydroxylation is 1. The van der Waals surface area contributed by atoms with Crippen LogP contribution in [0.5, 0.6) is 0 Å². The van der Waals surface area contributed by atoms with E-state index in [1.165, 1.54) is 0 Å². The third-order valence-corrected chi connectivity index (χ3v) is 3.43. The van der Waals surface area contributed by atoms with Crippen LogP contribution in [-0.2, 0) is 6.54 Å². The van der Waals surface area contributed by atoms with Crippen molar-refractivity contribution >= 4 is 17.4 Å². The predicted octanol–water partition coefficient (Wildman–Crippen LogP) is 1.09. The number of hydrogen-bond donors (Lipinski definition) is 2. The Morgan fingerprint density at radius 3 is 2.75 bits per heavy atom. The molecule has 2 rings (SSSR count). The summed E-state index contributed by atoms with van der Waals surface area (Å²) in [6.07, 6.45) is 0. The zero-order valence-corrected chi connectivity index (χ0v) is 11.8. The standard InChI is InChI=1S/C14H14N4OS/c1-10-13(20-18-17-10)14(19)16-9-12-6-4-11(5-7-12)3-2-8-15/h4-7H,8-9,15H2,1H3,(H,16,19). The van der Waals surface area contributed by atoms with E-state index in [1.807, 2.05) is 24.3 Å². The minimum atomic E-state index is -0.149. The molecule has 0 unspecified atom stereocenters. The number of nitrogens with one attached hydrogen (secondary N) is 1. The maximum absolute atomic E-state index is 11.9. The van der Waals surface area contributed by atoms with Crippen molar-refractivity contribution in [2.24, 2.45) is 5.73 Å². The summed E-state index contributed by atoms with van der Waals surface area (Å²) in [4.78, 5) is 12.4. The molecule has 20 heavy (non-hydrogen) atoms. The quantitative estimate of drug-likeness (QED) is 0.828. The minimum absolute atomic E-state index is 0.149. The van der Waals surface area contributed by atoms with Crippen molar-refractivity contribution in [3.63, 3.8) is 0 Å². The number of carbonyl (C=O) groups is 1. The van der Waals surface area contributed by atoms with Gasteiger partial charge in [0, 0.05) is 12.1 Å². The van der Waals surface area contributed by atoms with Gasteiger partial charge in [0.2, 0.25) is 0 Å². The average molecular weight is 286 g/mol. The number of nitrogens with zero attached hydrogens (tertiary/aromatic N) is 2. The molecule has 2 aromatic rings. The minimum Gasteiger partial charge on any atom is -0.347 e. The summed E-state index contributed by atoms with van der Waals surface area (Å²) in [7, 11) is 0. The Labute approximate surface area is 121 Å². The van der Waals surface area contributed by atoms with Crippen LogP contribution < -0.4 is 11.1 Å². The van der Waals surface area contributed by atoms with Gasteiger partial charge in [0.05, 0.1) is 12.2 Å². The lowest BCUT2D eigenvalue weighted by molar-refractivity contribution is 0.0954. The highest BCUT2D eigenvalue weighted by molar-refractivity contribution is 7.07. The lowest BCUT2D eigenvalue weighted by atomic mass is 10.1. The Morgan fingerprint density at radius 1 is 1.40 bits per heavy atom. The van der Waals surface area contributed by atoms with Crippen LogP contribution >= 0.6 is 11.5 Å². The molecule has 0 saturated carbocycles. The third kappa shape index (κ3) is 3.63. The van der Waals surface area contributed by atoms with Crippen LogP contribution in [-0.4, -0.2) is 22.0 Å². The predicted molar refractivity (Wildman–Crippen MR) is 78.2 cm³/mol. The first kappa shape index (κ1) is 14.2. The molecule has 0 aliphatic rings. The summed E-state index contributed by atoms with van der Waals surface area (Å²) in [6, 6.07) is 7.67. The first-order chi connectivity index (χ1) is 9.70. The highest BCUT2D eigenvalue weighted by Gasteiger charge is 2.12. The molecule has 3 N–H and O–H groups in total. The number of carbonyl (C=O) groups excluding carboxylic acids is 1. The lowest BCUT2D eigenvalue weighted by Crippen LogP contribution is -2.22. The molecular weight excluding hydrogens is 272 g/mol. The second kappa shape index (κ2) is 6.80. The molecule has 0 atom stereocenters. The van der Waals surface area contributed by atoms with Crippen molar-refractivity contribution in [3.05, 3.63) is 46.0 Å². The molecule has 102 valence electrons. The van der Waals surface area contributed by atoms with Crippen molar-refractivity contribution in [2.45, 2.75) is 13.5 Å². The van der Waals surface area contributed by atoms with Crippen molar-refractivity contribution < 1.29 is 4.79 Å². The molecule has 0 bridgehead atoms. The van der Waals surface area contributed by atoms with E-state index in [-0.39, 0.29) is 5.91 Å². The Balaban J connectivity index is 1.94. The van der Waals surface area contributed by atoms with E-state index in [2.05, 4.69) is 26.7 Å². The fraction of sp³-hybridized carbons (Fsp3) is 0.214. The van der Waals surface area contributed by atoms with E-state index in [0.717, 1.165) is 22.7 Å². The van der Waals surface area contributed by atoms with Gasteiger partial charge in [0.1, 0.15) is 4.88 Å². The largest absolute Gasteiger partial charge is 0.347 e. The monoisotopic (exact) mass is 286 g/mol. The summed E-state index contributed by atoms with van der Waals surface area (Å²) in [5, 5.41) is 6.66. The Morgan fingerprint density at radius 2 is 2.15 bits per heavy atom. The lowest BCUT2D eigenvalue weighted by Gasteiger charge is -2.04. The fourth-order valence-corrected chi connectivity index (χ4v) is 2.13. The molecule has 1 aromatic heterocycles. The van der Waals surface area contributed by atoms with Crippen LogP contribution in [0.25, 0.3) is 0 Å². The van der Waals surface area contributed by atoms with Gasteiger partial charge in [0.15, 0.2) is 0 Å². The van der Waals surface area contributed by atoms with Crippen molar-refractivity contribution in [1.29, 1.82) is 0 Å². The van der Waals surface area contributed by atoms with Crippen molar-refractivity contribution in [2.75, 3.05) is 6.54 Å². The van der Waals surface area contributed by atoms with Gasteiger partial charge in [0.25, 0.3) is 5.91 Å². The smallest absolute Gasteiger partial charge is 0.265 e. The van der Waals surface area contributed by atoms with E-state index in [9.17, 15) is 4.79 Å². The zero-order chi connectivity index (χ0) is 14.4. The molecule has 0 fully saturated rings. The van der Waals surface area contributed by atoms with Crippen molar-refractivity contribution in [1.82, 2.24) is 14.9 Å². The highest BCUT2D eigenvalue weighted by atomic mass is 32.1. The van der Waals surface area contributed by atoms with Crippen LogP contribution in [0.4, 0.5) is 0 Å². The van der Waals surface area contributed by atoms with Gasteiger partial charge in [-0.1, -0.05) is 28.5 Å². The first-order valence-corrected chi connectivity index (χ1v) is 6.83. The van der Waals surface area contributed by atoms with Crippen LogP contribution in [0.15, 0.2) is 24.3 Å². The Bertz CT molecular complexity index is 652. The Kier molecular flexibility index (Phi) is 4.82. The zero-order valence-electron chi connectivity index (χ0n) is 11.0. The van der Waals surface area contributed by atoms with Crippen molar-refractivity contribution in [3.8, 4) is 11.8 Å². The Hall–Kier alpha value is -2.23. The molecule has 6 heteroatoms. The molecule has 5 nitrogen and oxygen atoms in total. The second-order valence-electron chi connectivity index (χ2n) is 4.07. The van der Waals surface area contributed by atoms with E-state index in [4.69, 9.17) is 5.73 Å². The number of nitrogens with two attached hydrogens (primary N) is 1. The first-order valence-electron chi connectivity index (χ1n) is 6.05. The summed E-state index contributed by atoms with van der Waals surface area (Å²) in [5.41, 5.74) is 7.88. The van der Waals surface area contributed by atoms with E-state index in [1.54, 1.807) is 6.92 Å². The molecule has 1 heterocycles. The van der Waals surface area contributed by atoms with Crippen LogP contribution in [0.3, 0.4) is 0 Å². The average Bonchev–Trinajstić information content (AvgIpc) is 2.90. The van der Waals surface area contributed by atoms with Crippen LogP contribution in [0.2, 0.25) is 0 Å². The molecule has 1 aromatic carbocycles. The molecule has 0 radical (unpaired) electrons. The molecule has 0 spiro atoms. The van der Waals surface area contributed by atoms with Gasteiger partial charge < -0.3 is 11.1 Å². The number of aromatic nitrogens is 2. The number of benzene rings is 1. The SMILES string of the molecule is Cc1nnsc1C(=O)NCc1ccc(C#CCN)cc1. The summed E-state index contributed by atoms with van der Waals surface area (Å²) < 4.78 is 3.74. The fourth-order valence-electron chi connectivity index (χ4n) is 1.56. The number of amides is 1. The molecule has 0 aliphatic heterocycles. The topological polar surface area (TPSA) is 80.9 Å². The van der Waals surface area contributed by atoms with Gasteiger partial charge in [-0.05, 0) is 36.2 Å². The summed E-state index contributed by atoms with van der Waals surface area (Å²) in [6.45, 7) is 2.57. The molecule has 0 aliphatic carbocycles. The molecule has 0 saturated heterocycles. The highest BCUT2D eigenvalue weighted by Crippen LogP contribution is 2.09. The van der Waals surface area contributed by atoms with Gasteiger partial charge in [-0.15, -0.1) is 5.10 Å². The molecule has 1 amide bonds. The summed E-state index contributed by atoms with van der Waals surface area (Å²) in [5.74, 6) is 5.59. The van der Waals surface area contributed by atoms with Gasteiger partial charge in [-0.25, -0.2) is 0 Å². The maximum Gasteiger partial charge on any atom is 0.265 e. The maximum atomic E-state index is 11.9.